The molecule has 5 heteroatoms. The summed E-state index contributed by atoms with van der Waals surface area (Å²) in [5.74, 6) is 0. The number of hydrogen-bond donors (Lipinski definition) is 2. The van der Waals surface area contributed by atoms with E-state index < -0.39 is 0 Å². The van der Waals surface area contributed by atoms with Crippen LogP contribution in [0.4, 0.5) is 9.93 Å². The minimum absolute atomic E-state index is 0.0572. The Morgan fingerprint density at radius 1 is 1.33 bits per heavy atom. The second-order valence-electron chi connectivity index (χ2n) is 5.34. The third-order valence-corrected chi connectivity index (χ3v) is 3.84. The summed E-state index contributed by atoms with van der Waals surface area (Å²) in [5, 5.41) is 6.07. The predicted octanol–water partition coefficient (Wildman–Crippen LogP) is 3.83. The van der Waals surface area contributed by atoms with Gasteiger partial charge in [-0.05, 0) is 26.2 Å². The first-order valence-corrected chi connectivity index (χ1v) is 6.70. The molecule has 1 heterocycles. The maximum absolute atomic E-state index is 11.7. The zero-order valence-corrected chi connectivity index (χ0v) is 12.7. The fourth-order valence-electron chi connectivity index (χ4n) is 1.05. The standard InChI is InChI=1S/C13H21N3OS/c1-8(13(4,5)6)7-14-11(17)16-12-15-9(2)10(3)18-12/h7H,1-6H3,(H2,14,15,16,17)/b8-7+. The highest BCUT2D eigenvalue weighted by atomic mass is 32.1. The van der Waals surface area contributed by atoms with Gasteiger partial charge in [-0.3, -0.25) is 5.32 Å². The zero-order valence-electron chi connectivity index (χ0n) is 11.8. The van der Waals surface area contributed by atoms with E-state index in [1.807, 2.05) is 20.8 Å². The number of thiazole rings is 1. The van der Waals surface area contributed by atoms with Gasteiger partial charge in [0.05, 0.1) is 5.69 Å². The maximum Gasteiger partial charge on any atom is 0.325 e. The highest BCUT2D eigenvalue weighted by Gasteiger charge is 2.13. The Kier molecular flexibility index (Phi) is 4.51. The molecule has 18 heavy (non-hydrogen) atoms. The number of hydrogen-bond acceptors (Lipinski definition) is 3. The van der Waals surface area contributed by atoms with E-state index in [1.54, 1.807) is 6.20 Å². The molecule has 2 amide bonds. The van der Waals surface area contributed by atoms with Crippen molar-refractivity contribution in [3.8, 4) is 0 Å². The van der Waals surface area contributed by atoms with Crippen molar-refractivity contribution in [1.29, 1.82) is 0 Å². The van der Waals surface area contributed by atoms with Crippen LogP contribution in [0.3, 0.4) is 0 Å². The Balaban J connectivity index is 2.58. The first-order chi connectivity index (χ1) is 8.20. The van der Waals surface area contributed by atoms with Gasteiger partial charge in [-0.1, -0.05) is 26.3 Å². The molecule has 0 saturated heterocycles. The van der Waals surface area contributed by atoms with E-state index in [9.17, 15) is 4.79 Å². The van der Waals surface area contributed by atoms with Gasteiger partial charge in [-0.2, -0.15) is 0 Å². The molecule has 1 aromatic rings. The molecule has 1 aromatic heterocycles. The summed E-state index contributed by atoms with van der Waals surface area (Å²) in [6.07, 6.45) is 1.74. The molecule has 0 aromatic carbocycles. The quantitative estimate of drug-likeness (QED) is 0.855. The largest absolute Gasteiger partial charge is 0.325 e. The number of nitrogens with zero attached hydrogens (tertiary/aromatic N) is 1. The lowest BCUT2D eigenvalue weighted by molar-refractivity contribution is 0.255. The van der Waals surface area contributed by atoms with Gasteiger partial charge < -0.3 is 5.32 Å². The van der Waals surface area contributed by atoms with E-state index >= 15 is 0 Å². The van der Waals surface area contributed by atoms with Crippen LogP contribution < -0.4 is 10.6 Å². The lowest BCUT2D eigenvalue weighted by Crippen LogP contribution is -2.25. The van der Waals surface area contributed by atoms with Crippen LogP contribution in [-0.4, -0.2) is 11.0 Å². The van der Waals surface area contributed by atoms with Crippen molar-refractivity contribution in [3.63, 3.8) is 0 Å². The van der Waals surface area contributed by atoms with Crippen LogP contribution >= 0.6 is 11.3 Å². The molecule has 2 N–H and O–H groups in total. The minimum Gasteiger partial charge on any atom is -0.314 e. The lowest BCUT2D eigenvalue weighted by atomic mass is 9.88. The fourth-order valence-corrected chi connectivity index (χ4v) is 1.86. The maximum atomic E-state index is 11.7. The van der Waals surface area contributed by atoms with Gasteiger partial charge in [-0.15, -0.1) is 11.3 Å². The third-order valence-electron chi connectivity index (χ3n) is 2.85. The topological polar surface area (TPSA) is 54.0 Å². The van der Waals surface area contributed by atoms with E-state index in [4.69, 9.17) is 0 Å². The first kappa shape index (κ1) is 14.7. The Morgan fingerprint density at radius 2 is 1.94 bits per heavy atom. The SMILES string of the molecule is C/C(=C\NC(=O)Nc1nc(C)c(C)s1)C(C)(C)C. The number of nitrogens with one attached hydrogen (secondary N) is 2. The van der Waals surface area contributed by atoms with Crippen LogP contribution in [0.15, 0.2) is 11.8 Å². The summed E-state index contributed by atoms with van der Waals surface area (Å²) >= 11 is 1.48. The summed E-state index contributed by atoms with van der Waals surface area (Å²) < 4.78 is 0. The molecule has 0 saturated carbocycles. The van der Waals surface area contributed by atoms with E-state index in [2.05, 4.69) is 36.4 Å². The molecular weight excluding hydrogens is 246 g/mol. The summed E-state index contributed by atoms with van der Waals surface area (Å²) in [6.45, 7) is 12.2. The number of aryl methyl sites for hydroxylation is 2. The average Bonchev–Trinajstić information content (AvgIpc) is 2.53. The van der Waals surface area contributed by atoms with E-state index in [0.717, 1.165) is 16.1 Å². The van der Waals surface area contributed by atoms with Crippen molar-refractivity contribution in [3.05, 3.63) is 22.3 Å². The van der Waals surface area contributed by atoms with Crippen LogP contribution in [0.1, 0.15) is 38.3 Å². The van der Waals surface area contributed by atoms with Crippen LogP contribution in [0.2, 0.25) is 0 Å². The number of anilines is 1. The molecule has 1 rings (SSSR count). The van der Waals surface area contributed by atoms with Gasteiger partial charge in [0.1, 0.15) is 0 Å². The molecule has 4 nitrogen and oxygen atoms in total. The number of rotatable bonds is 2. The van der Waals surface area contributed by atoms with Crippen LogP contribution in [0, 0.1) is 19.3 Å². The molecule has 0 atom stereocenters. The van der Waals surface area contributed by atoms with Gasteiger partial charge in [0, 0.05) is 11.1 Å². The zero-order chi connectivity index (χ0) is 13.9. The second-order valence-corrected chi connectivity index (χ2v) is 6.54. The number of amides is 2. The van der Waals surface area contributed by atoms with Crippen molar-refractivity contribution in [2.24, 2.45) is 5.41 Å². The molecule has 0 radical (unpaired) electrons. The van der Waals surface area contributed by atoms with Crippen LogP contribution in [0.25, 0.3) is 0 Å². The van der Waals surface area contributed by atoms with Gasteiger partial charge in [0.2, 0.25) is 0 Å². The summed E-state index contributed by atoms with van der Waals surface area (Å²) in [5.41, 5.74) is 2.13. The summed E-state index contributed by atoms with van der Waals surface area (Å²) in [4.78, 5) is 17.0. The first-order valence-electron chi connectivity index (χ1n) is 5.89. The van der Waals surface area contributed by atoms with Gasteiger partial charge in [-0.25, -0.2) is 9.78 Å². The Bertz CT molecular complexity index is 450. The molecule has 0 aliphatic rings. The smallest absolute Gasteiger partial charge is 0.314 e. The van der Waals surface area contributed by atoms with Crippen molar-refractivity contribution >= 4 is 22.5 Å². The van der Waals surface area contributed by atoms with Crippen molar-refractivity contribution in [2.75, 3.05) is 5.32 Å². The number of aromatic nitrogens is 1. The summed E-state index contributed by atoms with van der Waals surface area (Å²) in [7, 11) is 0. The Labute approximate surface area is 113 Å². The second kappa shape index (κ2) is 5.52. The van der Waals surface area contributed by atoms with Crippen molar-refractivity contribution in [2.45, 2.75) is 41.5 Å². The Morgan fingerprint density at radius 3 is 2.39 bits per heavy atom. The minimum atomic E-state index is -0.257. The van der Waals surface area contributed by atoms with E-state index in [-0.39, 0.29) is 11.4 Å². The number of urea groups is 1. The van der Waals surface area contributed by atoms with Gasteiger partial charge >= 0.3 is 6.03 Å². The van der Waals surface area contributed by atoms with Crippen LogP contribution in [-0.2, 0) is 0 Å². The molecule has 0 fully saturated rings. The van der Waals surface area contributed by atoms with Gasteiger partial charge in [0.15, 0.2) is 5.13 Å². The molecule has 0 unspecified atom stereocenters. The Hall–Kier alpha value is -1.36. The summed E-state index contributed by atoms with van der Waals surface area (Å²) in [6, 6.07) is -0.257. The number of carbonyl (C=O) groups excluding carboxylic acids is 1. The molecule has 0 aliphatic carbocycles. The van der Waals surface area contributed by atoms with Crippen molar-refractivity contribution < 1.29 is 4.79 Å². The van der Waals surface area contributed by atoms with E-state index in [0.29, 0.717) is 5.13 Å². The van der Waals surface area contributed by atoms with Crippen LogP contribution in [0.5, 0.6) is 0 Å². The number of carbonyl (C=O) groups is 1. The normalized spacial score (nSPS) is 12.4. The highest BCUT2D eigenvalue weighted by Crippen LogP contribution is 2.23. The lowest BCUT2D eigenvalue weighted by Gasteiger charge is -2.19. The number of allylic oxidation sites excluding steroid dienone is 1. The monoisotopic (exact) mass is 267 g/mol. The van der Waals surface area contributed by atoms with Gasteiger partial charge in [0.25, 0.3) is 0 Å². The average molecular weight is 267 g/mol. The third kappa shape index (κ3) is 4.14. The molecule has 100 valence electrons. The molecule has 0 spiro atoms. The molecular formula is C13H21N3OS. The predicted molar refractivity (Wildman–Crippen MR) is 77.0 cm³/mol. The fraction of sp³-hybridized carbons (Fsp3) is 0.538. The van der Waals surface area contributed by atoms with Crippen molar-refractivity contribution in [1.82, 2.24) is 10.3 Å². The highest BCUT2D eigenvalue weighted by molar-refractivity contribution is 7.15. The molecule has 0 bridgehead atoms. The molecule has 0 aliphatic heterocycles. The van der Waals surface area contributed by atoms with E-state index in [1.165, 1.54) is 11.3 Å².